The Balaban J connectivity index is 1.79. The molecule has 2 heterocycles. The van der Waals surface area contributed by atoms with E-state index in [0.717, 1.165) is 25.7 Å². The molecule has 160 valence electrons. The van der Waals surface area contributed by atoms with Crippen molar-refractivity contribution in [3.8, 4) is 5.75 Å². The molecule has 0 bridgehead atoms. The number of rotatable bonds is 6. The number of aromatic hydroxyl groups is 1. The quantitative estimate of drug-likeness (QED) is 0.790. The maximum absolute atomic E-state index is 13.0. The first-order chi connectivity index (χ1) is 14.5. The van der Waals surface area contributed by atoms with E-state index < -0.39 is 11.3 Å². The van der Waals surface area contributed by atoms with Gasteiger partial charge in [0.1, 0.15) is 5.82 Å². The van der Waals surface area contributed by atoms with Crippen LogP contribution in [-0.4, -0.2) is 52.3 Å². The number of nitrogens with zero attached hydrogens (tertiary/aromatic N) is 3. The Hall–Kier alpha value is -2.67. The van der Waals surface area contributed by atoms with E-state index in [1.54, 1.807) is 23.6 Å². The Bertz CT molecular complexity index is 980. The predicted molar refractivity (Wildman–Crippen MR) is 113 cm³/mol. The predicted octanol–water partition coefficient (Wildman–Crippen LogP) is 2.49. The summed E-state index contributed by atoms with van der Waals surface area (Å²) in [6, 6.07) is 10.3. The Morgan fingerprint density at radius 1 is 1.20 bits per heavy atom. The van der Waals surface area contributed by atoms with Gasteiger partial charge in [-0.25, -0.2) is 0 Å². The summed E-state index contributed by atoms with van der Waals surface area (Å²) in [6.45, 7) is 1.02. The van der Waals surface area contributed by atoms with Crippen molar-refractivity contribution >= 4 is 5.91 Å². The molecule has 1 fully saturated rings. The molecule has 1 aromatic carbocycles. The smallest absolute Gasteiger partial charge is 0.315 e. The van der Waals surface area contributed by atoms with Crippen molar-refractivity contribution in [1.29, 1.82) is 0 Å². The summed E-state index contributed by atoms with van der Waals surface area (Å²) in [5.74, 6) is -0.316. The van der Waals surface area contributed by atoms with Crippen molar-refractivity contribution < 1.29 is 14.6 Å². The van der Waals surface area contributed by atoms with Gasteiger partial charge in [-0.05, 0) is 24.8 Å². The van der Waals surface area contributed by atoms with Crippen molar-refractivity contribution in [3.63, 3.8) is 0 Å². The van der Waals surface area contributed by atoms with Gasteiger partial charge in [0.25, 0.3) is 5.91 Å². The molecule has 1 aliphatic carbocycles. The minimum absolute atomic E-state index is 0.0578. The highest BCUT2D eigenvalue weighted by atomic mass is 16.5. The number of carbonyl (C=O) groups is 1. The number of fused-ring (bicyclic) bond motifs is 1. The van der Waals surface area contributed by atoms with Gasteiger partial charge in [-0.3, -0.25) is 9.59 Å². The van der Waals surface area contributed by atoms with Gasteiger partial charge in [0.2, 0.25) is 5.75 Å². The van der Waals surface area contributed by atoms with Crippen LogP contribution < -0.4 is 5.56 Å². The zero-order valence-corrected chi connectivity index (χ0v) is 17.6. The standard InChI is InChI=1S/C23H29N3O4/c1-25-17(10-13-30-2)15-26-18(24-21(28)20(27)19(26)22(25)29)14-23(11-6-7-12-23)16-8-4-3-5-9-16/h3-5,8-9,17,27H,6-7,10-15H2,1-2H3/t17-/m0/s1. The lowest BCUT2D eigenvalue weighted by atomic mass is 9.76. The number of hydrogen-bond acceptors (Lipinski definition) is 5. The van der Waals surface area contributed by atoms with Crippen molar-refractivity contribution in [2.75, 3.05) is 20.8 Å². The zero-order valence-electron chi connectivity index (χ0n) is 17.6. The van der Waals surface area contributed by atoms with Crippen molar-refractivity contribution in [2.24, 2.45) is 0 Å². The second kappa shape index (κ2) is 8.22. The fourth-order valence-electron chi connectivity index (χ4n) is 5.06. The molecule has 2 aliphatic rings. The van der Waals surface area contributed by atoms with Crippen LogP contribution in [0, 0.1) is 0 Å². The van der Waals surface area contributed by atoms with Crippen LogP contribution in [0.3, 0.4) is 0 Å². The zero-order chi connectivity index (χ0) is 21.3. The summed E-state index contributed by atoms with van der Waals surface area (Å²) >= 11 is 0. The van der Waals surface area contributed by atoms with E-state index >= 15 is 0 Å². The van der Waals surface area contributed by atoms with Gasteiger partial charge in [-0.1, -0.05) is 43.2 Å². The lowest BCUT2D eigenvalue weighted by Crippen LogP contribution is -2.48. The Labute approximate surface area is 176 Å². The summed E-state index contributed by atoms with van der Waals surface area (Å²) < 4.78 is 6.99. The number of likely N-dealkylation sites (N-methyl/N-ethyl adjacent to an activating group) is 1. The van der Waals surface area contributed by atoms with E-state index in [2.05, 4.69) is 17.1 Å². The summed E-state index contributed by atoms with van der Waals surface area (Å²) in [5.41, 5.74) is 0.471. The average Bonchev–Trinajstić information content (AvgIpc) is 3.23. The number of aromatic nitrogens is 2. The molecule has 0 spiro atoms. The first-order valence-corrected chi connectivity index (χ1v) is 10.6. The highest BCUT2D eigenvalue weighted by molar-refractivity contribution is 5.95. The summed E-state index contributed by atoms with van der Waals surface area (Å²) in [7, 11) is 3.34. The lowest BCUT2D eigenvalue weighted by molar-refractivity contribution is 0.0589. The van der Waals surface area contributed by atoms with E-state index in [4.69, 9.17) is 4.74 Å². The first kappa shape index (κ1) is 20.6. The molecule has 1 amide bonds. The molecular formula is C23H29N3O4. The van der Waals surface area contributed by atoms with Crippen LogP contribution in [0.5, 0.6) is 5.75 Å². The number of hydrogen-bond donors (Lipinski definition) is 1. The summed E-state index contributed by atoms with van der Waals surface area (Å²) in [5, 5.41) is 10.4. The maximum Gasteiger partial charge on any atom is 0.315 e. The monoisotopic (exact) mass is 411 g/mol. The fourth-order valence-corrected chi connectivity index (χ4v) is 5.06. The fraction of sp³-hybridized carbons (Fsp3) is 0.522. The van der Waals surface area contributed by atoms with Crippen LogP contribution in [0.15, 0.2) is 35.1 Å². The van der Waals surface area contributed by atoms with E-state index in [0.29, 0.717) is 31.8 Å². The maximum atomic E-state index is 13.0. The van der Waals surface area contributed by atoms with Crippen LogP contribution in [0.1, 0.15) is 54.0 Å². The number of benzene rings is 1. The van der Waals surface area contributed by atoms with Crippen LogP contribution in [0.25, 0.3) is 0 Å². The van der Waals surface area contributed by atoms with Gasteiger partial charge < -0.3 is 19.3 Å². The molecule has 30 heavy (non-hydrogen) atoms. The molecule has 7 nitrogen and oxygen atoms in total. The van der Waals surface area contributed by atoms with Crippen LogP contribution in [0.4, 0.5) is 0 Å². The molecule has 0 unspecified atom stereocenters. The summed E-state index contributed by atoms with van der Waals surface area (Å²) in [4.78, 5) is 31.4. The molecule has 4 rings (SSSR count). The number of ether oxygens (including phenoxy) is 1. The van der Waals surface area contributed by atoms with Gasteiger partial charge in [-0.2, -0.15) is 4.98 Å². The van der Waals surface area contributed by atoms with Crippen LogP contribution in [-0.2, 0) is 23.1 Å². The third kappa shape index (κ3) is 3.51. The molecule has 1 atom stereocenters. The lowest BCUT2D eigenvalue weighted by Gasteiger charge is -2.37. The Morgan fingerprint density at radius 3 is 2.57 bits per heavy atom. The van der Waals surface area contributed by atoms with Gasteiger partial charge in [0, 0.05) is 39.1 Å². The normalized spacial score (nSPS) is 20.4. The third-order valence-electron chi connectivity index (χ3n) is 6.80. The third-order valence-corrected chi connectivity index (χ3v) is 6.80. The topological polar surface area (TPSA) is 84.7 Å². The molecule has 0 radical (unpaired) electrons. The van der Waals surface area contributed by atoms with Crippen LogP contribution >= 0.6 is 0 Å². The largest absolute Gasteiger partial charge is 0.501 e. The Morgan fingerprint density at radius 2 is 1.90 bits per heavy atom. The minimum Gasteiger partial charge on any atom is -0.501 e. The van der Waals surface area contributed by atoms with Gasteiger partial charge in [0.15, 0.2) is 5.69 Å². The Kier molecular flexibility index (Phi) is 5.64. The van der Waals surface area contributed by atoms with Gasteiger partial charge in [-0.15, -0.1) is 0 Å². The van der Waals surface area contributed by atoms with E-state index in [1.807, 2.05) is 18.2 Å². The molecule has 1 aliphatic heterocycles. The number of carbonyl (C=O) groups excluding carboxylic acids is 1. The van der Waals surface area contributed by atoms with Gasteiger partial charge >= 0.3 is 5.56 Å². The number of methoxy groups -OCH3 is 1. The van der Waals surface area contributed by atoms with Crippen molar-refractivity contribution in [1.82, 2.24) is 14.5 Å². The highest BCUT2D eigenvalue weighted by Gasteiger charge is 2.40. The van der Waals surface area contributed by atoms with E-state index in [-0.39, 0.29) is 23.1 Å². The first-order valence-electron chi connectivity index (χ1n) is 10.6. The molecule has 0 saturated heterocycles. The van der Waals surface area contributed by atoms with Crippen LogP contribution in [0.2, 0.25) is 0 Å². The van der Waals surface area contributed by atoms with E-state index in [9.17, 15) is 14.7 Å². The van der Waals surface area contributed by atoms with Crippen molar-refractivity contribution in [2.45, 2.75) is 56.5 Å². The second-order valence-electron chi connectivity index (χ2n) is 8.52. The molecule has 1 aromatic heterocycles. The second-order valence-corrected chi connectivity index (χ2v) is 8.52. The molecule has 1 saturated carbocycles. The van der Waals surface area contributed by atoms with E-state index in [1.165, 1.54) is 5.56 Å². The average molecular weight is 412 g/mol. The molecule has 2 aromatic rings. The molecular weight excluding hydrogens is 382 g/mol. The summed E-state index contributed by atoms with van der Waals surface area (Å²) in [6.07, 6.45) is 5.54. The van der Waals surface area contributed by atoms with Gasteiger partial charge in [0.05, 0.1) is 6.04 Å². The molecule has 1 N–H and O–H groups in total. The highest BCUT2D eigenvalue weighted by Crippen LogP contribution is 2.43. The SMILES string of the molecule is COCC[C@H]1Cn2c(CC3(c4ccccc4)CCCC3)nc(=O)c(O)c2C(=O)N1C. The van der Waals surface area contributed by atoms with Crippen molar-refractivity contribution in [3.05, 3.63) is 57.8 Å². The number of amides is 1. The minimum atomic E-state index is -0.727. The molecule has 7 heteroatoms.